The predicted octanol–water partition coefficient (Wildman–Crippen LogP) is -0.00490. The molecule has 0 bridgehead atoms. The molecule has 1 heterocycles. The fraction of sp³-hybridized carbons (Fsp3) is 0.200. The quantitative estimate of drug-likeness (QED) is 0.518. The molecule has 9 heavy (non-hydrogen) atoms. The Morgan fingerprint density at radius 3 is 2.67 bits per heavy atom. The minimum absolute atomic E-state index is 0.604. The van der Waals surface area contributed by atoms with Crippen LogP contribution in [0.25, 0.3) is 0 Å². The molecule has 4 nitrogen and oxygen atoms in total. The summed E-state index contributed by atoms with van der Waals surface area (Å²) in [7, 11) is 0. The average Bonchev–Trinajstić information content (AvgIpc) is 1.91. The Hall–Kier alpha value is -1.32. The Kier molecular flexibility index (Phi) is 1.85. The van der Waals surface area contributed by atoms with Gasteiger partial charge in [-0.15, -0.1) is 27.0 Å². The van der Waals surface area contributed by atoms with Crippen LogP contribution in [0, 0.1) is 0 Å². The van der Waals surface area contributed by atoms with Crippen molar-refractivity contribution in [3.63, 3.8) is 0 Å². The maximum atomic E-state index is 3.67. The summed E-state index contributed by atoms with van der Waals surface area (Å²) in [5.41, 5.74) is 0. The average molecular weight is 122 g/mol. The summed E-state index contributed by atoms with van der Waals surface area (Å²) < 4.78 is 0. The fourth-order valence-electron chi connectivity index (χ4n) is 0.439. The Labute approximate surface area is 52.7 Å². The summed E-state index contributed by atoms with van der Waals surface area (Å²) in [6.07, 6.45) is 3.63. The molecule has 0 aliphatic carbocycles. The molecule has 1 aromatic rings. The van der Waals surface area contributed by atoms with Crippen molar-refractivity contribution in [3.05, 3.63) is 24.8 Å². The molecule has 0 aliphatic rings. The van der Waals surface area contributed by atoms with E-state index in [0.717, 1.165) is 0 Å². The Bertz CT molecular complexity index is 183. The summed E-state index contributed by atoms with van der Waals surface area (Å²) in [5, 5.41) is 14.4. The highest BCUT2D eigenvalue weighted by Crippen LogP contribution is 1.83. The van der Waals surface area contributed by atoms with Gasteiger partial charge in [0.05, 0.1) is 0 Å². The van der Waals surface area contributed by atoms with Crippen LogP contribution in [0.4, 0.5) is 0 Å². The van der Waals surface area contributed by atoms with Crippen LogP contribution in [0.1, 0.15) is 5.82 Å². The highest BCUT2D eigenvalue weighted by Gasteiger charge is 1.88. The third-order valence-electron chi connectivity index (χ3n) is 0.777. The van der Waals surface area contributed by atoms with Gasteiger partial charge in [0.15, 0.2) is 12.2 Å². The van der Waals surface area contributed by atoms with Crippen LogP contribution in [0.2, 0.25) is 0 Å². The molecular formula is C5H6N4. The molecule has 0 unspecified atom stereocenters. The standard InChI is InChI=1S/C5H6N4/c1-2-3-5-8-6-4-7-9-5/h2,4H,1,3H2. The van der Waals surface area contributed by atoms with Gasteiger partial charge < -0.3 is 0 Å². The van der Waals surface area contributed by atoms with Crippen LogP contribution >= 0.6 is 0 Å². The first-order chi connectivity index (χ1) is 4.43. The lowest BCUT2D eigenvalue weighted by Gasteiger charge is -1.86. The monoisotopic (exact) mass is 122 g/mol. The molecule has 1 aromatic heterocycles. The van der Waals surface area contributed by atoms with Crippen LogP contribution in [0.15, 0.2) is 19.0 Å². The zero-order valence-corrected chi connectivity index (χ0v) is 4.86. The van der Waals surface area contributed by atoms with E-state index in [9.17, 15) is 0 Å². The van der Waals surface area contributed by atoms with E-state index in [1.165, 1.54) is 6.33 Å². The molecule has 0 radical (unpaired) electrons. The zero-order valence-electron chi connectivity index (χ0n) is 4.86. The maximum absolute atomic E-state index is 3.67. The first kappa shape index (κ1) is 5.81. The summed E-state index contributed by atoms with van der Waals surface area (Å²) in [6.45, 7) is 3.52. The first-order valence-corrected chi connectivity index (χ1v) is 2.53. The predicted molar refractivity (Wildman–Crippen MR) is 31.5 cm³/mol. The summed E-state index contributed by atoms with van der Waals surface area (Å²) in [4.78, 5) is 0. The Balaban J connectivity index is 2.72. The van der Waals surface area contributed by atoms with Gasteiger partial charge in [-0.1, -0.05) is 6.08 Å². The molecule has 0 saturated heterocycles. The number of nitrogens with zero attached hydrogens (tertiary/aromatic N) is 4. The minimum Gasteiger partial charge on any atom is -0.135 e. The van der Waals surface area contributed by atoms with Gasteiger partial charge in [-0.3, -0.25) is 0 Å². The van der Waals surface area contributed by atoms with Crippen LogP contribution in [0.5, 0.6) is 0 Å². The smallest absolute Gasteiger partial charge is 0.135 e. The van der Waals surface area contributed by atoms with Crippen LogP contribution in [-0.4, -0.2) is 20.4 Å². The van der Waals surface area contributed by atoms with E-state index >= 15 is 0 Å². The molecule has 0 atom stereocenters. The summed E-state index contributed by atoms with van der Waals surface area (Å²) >= 11 is 0. The molecule has 46 valence electrons. The Morgan fingerprint density at radius 1 is 1.44 bits per heavy atom. The van der Waals surface area contributed by atoms with Crippen molar-refractivity contribution in [2.75, 3.05) is 0 Å². The maximum Gasteiger partial charge on any atom is 0.177 e. The second-order valence-corrected chi connectivity index (χ2v) is 1.46. The van der Waals surface area contributed by atoms with E-state index in [-0.39, 0.29) is 0 Å². The minimum atomic E-state index is 0.604. The van der Waals surface area contributed by atoms with E-state index in [1.807, 2.05) is 0 Å². The van der Waals surface area contributed by atoms with Gasteiger partial charge in [0, 0.05) is 6.42 Å². The molecule has 0 aromatic carbocycles. The van der Waals surface area contributed by atoms with Gasteiger partial charge in [-0.25, -0.2) is 0 Å². The first-order valence-electron chi connectivity index (χ1n) is 2.53. The topological polar surface area (TPSA) is 51.6 Å². The largest absolute Gasteiger partial charge is 0.177 e. The second-order valence-electron chi connectivity index (χ2n) is 1.46. The van der Waals surface area contributed by atoms with E-state index in [2.05, 4.69) is 27.0 Å². The highest BCUT2D eigenvalue weighted by molar-refractivity contribution is 4.85. The molecule has 4 heteroatoms. The number of hydrogen-bond donors (Lipinski definition) is 0. The molecule has 0 N–H and O–H groups in total. The number of hydrogen-bond acceptors (Lipinski definition) is 4. The highest BCUT2D eigenvalue weighted by atomic mass is 15.3. The van der Waals surface area contributed by atoms with Gasteiger partial charge in [0.1, 0.15) is 0 Å². The molecular weight excluding hydrogens is 116 g/mol. The zero-order chi connectivity index (χ0) is 6.53. The lowest BCUT2D eigenvalue weighted by molar-refractivity contribution is 0.784. The van der Waals surface area contributed by atoms with Crippen molar-refractivity contribution in [2.45, 2.75) is 6.42 Å². The number of rotatable bonds is 2. The van der Waals surface area contributed by atoms with E-state index in [1.54, 1.807) is 6.08 Å². The van der Waals surface area contributed by atoms with E-state index in [0.29, 0.717) is 12.2 Å². The summed E-state index contributed by atoms with van der Waals surface area (Å²) in [5.74, 6) is 0.604. The third-order valence-corrected chi connectivity index (χ3v) is 0.777. The van der Waals surface area contributed by atoms with Crippen molar-refractivity contribution < 1.29 is 0 Å². The van der Waals surface area contributed by atoms with Crippen molar-refractivity contribution in [1.29, 1.82) is 0 Å². The molecule has 0 amide bonds. The van der Waals surface area contributed by atoms with Gasteiger partial charge in [-0.2, -0.15) is 0 Å². The molecule has 0 saturated carbocycles. The summed E-state index contributed by atoms with van der Waals surface area (Å²) in [6, 6.07) is 0. The fourth-order valence-corrected chi connectivity index (χ4v) is 0.439. The lowest BCUT2D eigenvalue weighted by Crippen LogP contribution is -1.96. The van der Waals surface area contributed by atoms with Crippen molar-refractivity contribution in [3.8, 4) is 0 Å². The van der Waals surface area contributed by atoms with Gasteiger partial charge >= 0.3 is 0 Å². The van der Waals surface area contributed by atoms with Crippen molar-refractivity contribution in [1.82, 2.24) is 20.4 Å². The van der Waals surface area contributed by atoms with Gasteiger partial charge in [-0.05, 0) is 0 Å². The normalized spacial score (nSPS) is 8.89. The Morgan fingerprint density at radius 2 is 2.11 bits per heavy atom. The molecule has 0 spiro atoms. The molecule has 1 rings (SSSR count). The number of allylic oxidation sites excluding steroid dienone is 1. The van der Waals surface area contributed by atoms with Crippen LogP contribution < -0.4 is 0 Å². The SMILES string of the molecule is C=CCc1nncnn1. The molecule has 0 aliphatic heterocycles. The van der Waals surface area contributed by atoms with Crippen LogP contribution in [0.3, 0.4) is 0 Å². The van der Waals surface area contributed by atoms with Gasteiger partial charge in [0.2, 0.25) is 0 Å². The van der Waals surface area contributed by atoms with Crippen molar-refractivity contribution in [2.24, 2.45) is 0 Å². The van der Waals surface area contributed by atoms with E-state index in [4.69, 9.17) is 0 Å². The lowest BCUT2D eigenvalue weighted by atomic mass is 10.4. The van der Waals surface area contributed by atoms with Crippen LogP contribution in [-0.2, 0) is 6.42 Å². The second kappa shape index (κ2) is 2.86. The molecule has 0 fully saturated rings. The van der Waals surface area contributed by atoms with E-state index < -0.39 is 0 Å². The van der Waals surface area contributed by atoms with Crippen molar-refractivity contribution >= 4 is 0 Å². The number of aromatic nitrogens is 4. The van der Waals surface area contributed by atoms with Gasteiger partial charge in [0.25, 0.3) is 0 Å². The third kappa shape index (κ3) is 1.56.